The number of rotatable bonds is 13. The molecule has 0 radical (unpaired) electrons. The second-order valence-corrected chi connectivity index (χ2v) is 12.7. The zero-order valence-corrected chi connectivity index (χ0v) is 29.0. The number of likely N-dealkylation sites (tertiary alicyclic amines) is 1. The lowest BCUT2D eigenvalue weighted by atomic mass is 9.91. The normalized spacial score (nSPS) is 18.3. The number of hydrogen-bond donors (Lipinski definition) is 3. The molecule has 9 nitrogen and oxygen atoms in total. The first kappa shape index (κ1) is 36.0. The molecule has 0 saturated carbocycles. The van der Waals surface area contributed by atoms with Gasteiger partial charge in [-0.2, -0.15) is 4.98 Å². The molecular formula is C38H55N7O2. The number of amides is 1. The van der Waals surface area contributed by atoms with Crippen molar-refractivity contribution in [3.05, 3.63) is 77.5 Å². The fourth-order valence-corrected chi connectivity index (χ4v) is 6.19. The lowest BCUT2D eigenvalue weighted by Gasteiger charge is -2.26. The molecule has 2 unspecified atom stereocenters. The van der Waals surface area contributed by atoms with E-state index in [1.165, 1.54) is 43.5 Å². The van der Waals surface area contributed by atoms with Crippen LogP contribution in [0.5, 0.6) is 0 Å². The molecule has 3 heterocycles. The molecule has 2 saturated heterocycles. The largest absolute Gasteiger partial charge is 0.367 e. The summed E-state index contributed by atoms with van der Waals surface area (Å²) in [5.74, 6) is 2.18. The SMILES string of the molecule is CC=Nc1c(C)nc(NCCN2CCCCC2)nc1NCC(c1ccccc1)c1ccccc1.CCNC(=O)C1CCC(C(C)C)O1. The number of aliphatic imine (C=N–C) groups is 1. The van der Waals surface area contributed by atoms with E-state index in [-0.39, 0.29) is 24.0 Å². The number of carbonyl (C=O) groups excluding carboxylic acids is 1. The van der Waals surface area contributed by atoms with Crippen molar-refractivity contribution in [2.45, 2.75) is 84.8 Å². The van der Waals surface area contributed by atoms with Crippen LogP contribution >= 0.6 is 0 Å². The highest BCUT2D eigenvalue weighted by molar-refractivity contribution is 5.80. The molecule has 0 spiro atoms. The molecular weight excluding hydrogens is 586 g/mol. The second kappa shape index (κ2) is 19.1. The van der Waals surface area contributed by atoms with Crippen molar-refractivity contribution in [3.8, 4) is 0 Å². The van der Waals surface area contributed by atoms with Crippen molar-refractivity contribution in [2.75, 3.05) is 49.9 Å². The Balaban J connectivity index is 0.000000323. The number of likely N-dealkylation sites (N-methyl/N-ethyl adjacent to an activating group) is 1. The van der Waals surface area contributed by atoms with Crippen molar-refractivity contribution in [1.29, 1.82) is 0 Å². The molecule has 47 heavy (non-hydrogen) atoms. The number of ether oxygens (including phenoxy) is 1. The van der Waals surface area contributed by atoms with E-state index in [9.17, 15) is 4.79 Å². The van der Waals surface area contributed by atoms with Gasteiger partial charge in [0.1, 0.15) is 11.8 Å². The molecule has 0 aliphatic carbocycles. The maximum absolute atomic E-state index is 11.4. The van der Waals surface area contributed by atoms with Crippen LogP contribution in [0, 0.1) is 12.8 Å². The lowest BCUT2D eigenvalue weighted by molar-refractivity contribution is -0.132. The summed E-state index contributed by atoms with van der Waals surface area (Å²) in [6, 6.07) is 21.2. The number of aryl methyl sites for hydroxylation is 1. The molecule has 0 bridgehead atoms. The highest BCUT2D eigenvalue weighted by Crippen LogP contribution is 2.30. The van der Waals surface area contributed by atoms with E-state index < -0.39 is 0 Å². The monoisotopic (exact) mass is 641 g/mol. The topological polar surface area (TPSA) is 104 Å². The van der Waals surface area contributed by atoms with Crippen LogP contribution in [0.4, 0.5) is 17.5 Å². The first-order valence-corrected chi connectivity index (χ1v) is 17.5. The molecule has 254 valence electrons. The third-order valence-electron chi connectivity index (χ3n) is 8.79. The van der Waals surface area contributed by atoms with E-state index in [0.29, 0.717) is 25.0 Å². The molecule has 2 aliphatic heterocycles. The van der Waals surface area contributed by atoms with Crippen molar-refractivity contribution in [2.24, 2.45) is 10.9 Å². The van der Waals surface area contributed by atoms with Crippen LogP contribution < -0.4 is 16.0 Å². The van der Waals surface area contributed by atoms with Crippen molar-refractivity contribution >= 4 is 29.6 Å². The van der Waals surface area contributed by atoms with Gasteiger partial charge >= 0.3 is 0 Å². The minimum atomic E-state index is -0.202. The van der Waals surface area contributed by atoms with E-state index in [4.69, 9.17) is 9.72 Å². The van der Waals surface area contributed by atoms with E-state index >= 15 is 0 Å². The van der Waals surface area contributed by atoms with Gasteiger partial charge in [-0.05, 0) is 76.6 Å². The molecule has 1 amide bonds. The molecule has 9 heteroatoms. The minimum Gasteiger partial charge on any atom is -0.367 e. The van der Waals surface area contributed by atoms with Gasteiger partial charge < -0.3 is 25.6 Å². The van der Waals surface area contributed by atoms with Crippen LogP contribution in [-0.4, -0.2) is 78.5 Å². The van der Waals surface area contributed by atoms with Gasteiger partial charge in [0.05, 0.1) is 11.8 Å². The number of benzene rings is 2. The van der Waals surface area contributed by atoms with Gasteiger partial charge in [0.25, 0.3) is 0 Å². The van der Waals surface area contributed by atoms with Gasteiger partial charge in [0.15, 0.2) is 5.82 Å². The smallest absolute Gasteiger partial charge is 0.249 e. The molecule has 5 rings (SSSR count). The molecule has 2 aromatic carbocycles. The van der Waals surface area contributed by atoms with Gasteiger partial charge in [0, 0.05) is 38.3 Å². The van der Waals surface area contributed by atoms with Gasteiger partial charge in [-0.3, -0.25) is 9.79 Å². The summed E-state index contributed by atoms with van der Waals surface area (Å²) in [5, 5.41) is 9.82. The number of nitrogens with zero attached hydrogens (tertiary/aromatic N) is 4. The number of piperidine rings is 1. The van der Waals surface area contributed by atoms with E-state index in [2.05, 4.69) is 105 Å². The van der Waals surface area contributed by atoms with E-state index in [1.807, 2.05) is 20.8 Å². The Hall–Kier alpha value is -3.82. The zero-order chi connectivity index (χ0) is 33.4. The zero-order valence-electron chi connectivity index (χ0n) is 29.0. The second-order valence-electron chi connectivity index (χ2n) is 12.7. The van der Waals surface area contributed by atoms with Crippen LogP contribution in [0.3, 0.4) is 0 Å². The molecule has 2 fully saturated rings. The van der Waals surface area contributed by atoms with Crippen LogP contribution in [0.25, 0.3) is 0 Å². The summed E-state index contributed by atoms with van der Waals surface area (Å²) in [5.41, 5.74) is 4.20. The molecule has 2 aliphatic rings. The standard InChI is InChI=1S/C28H36N6.C10H19NO2/c1-3-29-26-22(2)32-28(30-17-20-34-18-11-6-12-19-34)33-27(26)31-21-25(23-13-7-4-8-14-23)24-15-9-5-10-16-24;1-4-11-10(12)9-6-5-8(13-9)7(2)3/h3-5,7-10,13-16,25H,6,11-12,17-21H2,1-2H3,(H2,30,31,32,33);7-9H,4-6H2,1-3H3,(H,11,12). The number of anilines is 2. The van der Waals surface area contributed by atoms with Gasteiger partial charge in [-0.1, -0.05) is 80.9 Å². The Morgan fingerprint density at radius 2 is 1.64 bits per heavy atom. The third-order valence-corrected chi connectivity index (χ3v) is 8.79. The predicted octanol–water partition coefficient (Wildman–Crippen LogP) is 6.98. The number of carbonyl (C=O) groups is 1. The molecule has 3 aromatic rings. The lowest BCUT2D eigenvalue weighted by Crippen LogP contribution is -2.34. The summed E-state index contributed by atoms with van der Waals surface area (Å²) in [7, 11) is 0. The van der Waals surface area contributed by atoms with Crippen molar-refractivity contribution < 1.29 is 9.53 Å². The maximum Gasteiger partial charge on any atom is 0.249 e. The Labute approximate surface area is 282 Å². The van der Waals surface area contributed by atoms with Gasteiger partial charge in [0.2, 0.25) is 11.9 Å². The van der Waals surface area contributed by atoms with Crippen LogP contribution in [0.1, 0.15) is 82.5 Å². The van der Waals surface area contributed by atoms with Crippen LogP contribution in [-0.2, 0) is 9.53 Å². The molecule has 3 N–H and O–H groups in total. The summed E-state index contributed by atoms with van der Waals surface area (Å²) in [4.78, 5) is 28.0. The Morgan fingerprint density at radius 3 is 2.21 bits per heavy atom. The van der Waals surface area contributed by atoms with Gasteiger partial charge in [-0.15, -0.1) is 0 Å². The van der Waals surface area contributed by atoms with Crippen molar-refractivity contribution in [1.82, 2.24) is 20.2 Å². The summed E-state index contributed by atoms with van der Waals surface area (Å²) < 4.78 is 5.63. The first-order chi connectivity index (χ1) is 22.9. The Kier molecular flexibility index (Phi) is 14.6. The molecule has 1 aromatic heterocycles. The fraction of sp³-hybridized carbons (Fsp3) is 0.526. The first-order valence-electron chi connectivity index (χ1n) is 17.5. The summed E-state index contributed by atoms with van der Waals surface area (Å²) in [6.07, 6.45) is 7.71. The van der Waals surface area contributed by atoms with Crippen molar-refractivity contribution in [3.63, 3.8) is 0 Å². The van der Waals surface area contributed by atoms with Crippen LogP contribution in [0.15, 0.2) is 65.7 Å². The quantitative estimate of drug-likeness (QED) is 0.173. The highest BCUT2D eigenvalue weighted by atomic mass is 16.5. The minimum absolute atomic E-state index is 0.0469. The number of aromatic nitrogens is 2. The number of nitrogens with one attached hydrogen (secondary N) is 3. The van der Waals surface area contributed by atoms with E-state index in [1.54, 1.807) is 6.21 Å². The highest BCUT2D eigenvalue weighted by Gasteiger charge is 2.31. The Morgan fingerprint density at radius 1 is 0.979 bits per heavy atom. The average molecular weight is 642 g/mol. The maximum atomic E-state index is 11.4. The third kappa shape index (κ3) is 11.1. The fourth-order valence-electron chi connectivity index (χ4n) is 6.19. The summed E-state index contributed by atoms with van der Waals surface area (Å²) in [6.45, 7) is 15.7. The van der Waals surface area contributed by atoms with Gasteiger partial charge in [-0.25, -0.2) is 4.98 Å². The predicted molar refractivity (Wildman–Crippen MR) is 194 cm³/mol. The Bertz CT molecular complexity index is 1340. The summed E-state index contributed by atoms with van der Waals surface area (Å²) >= 11 is 0. The average Bonchev–Trinajstić information content (AvgIpc) is 3.60. The van der Waals surface area contributed by atoms with E-state index in [0.717, 1.165) is 43.1 Å². The number of hydrogen-bond acceptors (Lipinski definition) is 8. The van der Waals surface area contributed by atoms with Crippen LogP contribution in [0.2, 0.25) is 0 Å². The molecule has 2 atom stereocenters.